The Morgan fingerprint density at radius 2 is 1.95 bits per heavy atom. The molecule has 0 aliphatic heterocycles. The molecule has 19 heavy (non-hydrogen) atoms. The summed E-state index contributed by atoms with van der Waals surface area (Å²) in [5.74, 6) is 0.313. The summed E-state index contributed by atoms with van der Waals surface area (Å²) in [6.07, 6.45) is 6.50. The molecule has 0 atom stereocenters. The molecule has 1 aromatic rings. The van der Waals surface area contributed by atoms with Gasteiger partial charge in [0.15, 0.2) is 5.78 Å². The van der Waals surface area contributed by atoms with Gasteiger partial charge in [-0.2, -0.15) is 0 Å². The molecular formula is C17H25NO. The Morgan fingerprint density at radius 3 is 2.53 bits per heavy atom. The lowest BCUT2D eigenvalue weighted by Crippen LogP contribution is -2.48. The molecule has 0 saturated heterocycles. The average molecular weight is 259 g/mol. The first-order valence-electron chi connectivity index (χ1n) is 7.41. The topological polar surface area (TPSA) is 20.3 Å². The highest BCUT2D eigenvalue weighted by Crippen LogP contribution is 2.36. The number of hydrogen-bond donors (Lipinski definition) is 0. The predicted molar refractivity (Wildman–Crippen MR) is 79.7 cm³/mol. The third-order valence-electron chi connectivity index (χ3n) is 4.44. The van der Waals surface area contributed by atoms with E-state index < -0.39 is 0 Å². The quantitative estimate of drug-likeness (QED) is 0.752. The lowest BCUT2D eigenvalue weighted by molar-refractivity contribution is 0.0693. The van der Waals surface area contributed by atoms with Crippen LogP contribution in [0.5, 0.6) is 0 Å². The van der Waals surface area contributed by atoms with E-state index in [-0.39, 0.29) is 5.54 Å². The molecule has 0 spiro atoms. The summed E-state index contributed by atoms with van der Waals surface area (Å²) in [4.78, 5) is 15.1. The van der Waals surface area contributed by atoms with Crippen molar-refractivity contribution in [3.05, 3.63) is 35.4 Å². The van der Waals surface area contributed by atoms with Gasteiger partial charge in [-0.05, 0) is 45.0 Å². The molecule has 0 radical (unpaired) electrons. The highest BCUT2D eigenvalue weighted by Gasteiger charge is 2.43. The van der Waals surface area contributed by atoms with Crippen molar-refractivity contribution in [2.75, 3.05) is 14.1 Å². The third kappa shape index (κ3) is 2.74. The molecule has 2 heteroatoms. The Hall–Kier alpha value is -1.15. The monoisotopic (exact) mass is 259 g/mol. The van der Waals surface area contributed by atoms with Crippen LogP contribution in [0.4, 0.5) is 0 Å². The van der Waals surface area contributed by atoms with E-state index in [4.69, 9.17) is 0 Å². The summed E-state index contributed by atoms with van der Waals surface area (Å²) in [5.41, 5.74) is 1.91. The van der Waals surface area contributed by atoms with E-state index in [1.165, 1.54) is 18.4 Å². The first kappa shape index (κ1) is 14.3. The molecule has 0 aromatic heterocycles. The van der Waals surface area contributed by atoms with Gasteiger partial charge in [-0.25, -0.2) is 0 Å². The minimum absolute atomic E-state index is 0.259. The van der Waals surface area contributed by atoms with Crippen molar-refractivity contribution in [3.63, 3.8) is 0 Å². The Morgan fingerprint density at radius 1 is 1.26 bits per heavy atom. The molecule has 0 bridgehead atoms. The number of likely N-dealkylation sites (N-methyl/N-ethyl adjacent to an activating group) is 1. The van der Waals surface area contributed by atoms with Gasteiger partial charge in [0.2, 0.25) is 0 Å². The van der Waals surface area contributed by atoms with Gasteiger partial charge in [-0.15, -0.1) is 0 Å². The SMILES string of the molecule is CCCc1cccc(C(=O)C2(N(C)C)CCCC2)c1. The van der Waals surface area contributed by atoms with Gasteiger partial charge < -0.3 is 0 Å². The van der Waals surface area contributed by atoms with Gasteiger partial charge >= 0.3 is 0 Å². The van der Waals surface area contributed by atoms with Crippen LogP contribution in [-0.2, 0) is 6.42 Å². The van der Waals surface area contributed by atoms with Gasteiger partial charge in [0.05, 0.1) is 5.54 Å². The van der Waals surface area contributed by atoms with Crippen LogP contribution in [0.1, 0.15) is 54.9 Å². The van der Waals surface area contributed by atoms with Crippen LogP contribution >= 0.6 is 0 Å². The summed E-state index contributed by atoms with van der Waals surface area (Å²) in [6, 6.07) is 8.22. The van der Waals surface area contributed by atoms with Crippen LogP contribution in [-0.4, -0.2) is 30.3 Å². The Balaban J connectivity index is 2.29. The van der Waals surface area contributed by atoms with Gasteiger partial charge in [-0.3, -0.25) is 9.69 Å². The molecule has 2 rings (SSSR count). The summed E-state index contributed by atoms with van der Waals surface area (Å²) < 4.78 is 0. The van der Waals surface area contributed by atoms with Crippen LogP contribution in [0.15, 0.2) is 24.3 Å². The third-order valence-corrected chi connectivity index (χ3v) is 4.44. The van der Waals surface area contributed by atoms with Crippen molar-refractivity contribution < 1.29 is 4.79 Å². The number of rotatable bonds is 5. The minimum atomic E-state index is -0.259. The average Bonchev–Trinajstić information content (AvgIpc) is 2.89. The molecule has 0 heterocycles. The van der Waals surface area contributed by atoms with E-state index in [9.17, 15) is 4.79 Å². The maximum atomic E-state index is 12.9. The van der Waals surface area contributed by atoms with Crippen molar-refractivity contribution in [2.45, 2.75) is 51.0 Å². The van der Waals surface area contributed by atoms with E-state index in [2.05, 4.69) is 24.0 Å². The van der Waals surface area contributed by atoms with Crippen molar-refractivity contribution in [1.29, 1.82) is 0 Å². The molecule has 0 unspecified atom stereocenters. The zero-order valence-corrected chi connectivity index (χ0v) is 12.4. The lowest BCUT2D eigenvalue weighted by Gasteiger charge is -2.34. The number of hydrogen-bond acceptors (Lipinski definition) is 2. The number of benzene rings is 1. The molecule has 0 N–H and O–H groups in total. The second kappa shape index (κ2) is 5.87. The lowest BCUT2D eigenvalue weighted by atomic mass is 9.86. The van der Waals surface area contributed by atoms with Crippen molar-refractivity contribution >= 4 is 5.78 Å². The highest BCUT2D eigenvalue weighted by atomic mass is 16.1. The van der Waals surface area contributed by atoms with Crippen molar-refractivity contribution in [2.24, 2.45) is 0 Å². The molecule has 2 nitrogen and oxygen atoms in total. The number of ketones is 1. The van der Waals surface area contributed by atoms with Crippen LogP contribution in [0.3, 0.4) is 0 Å². The van der Waals surface area contributed by atoms with Gasteiger partial charge in [0.25, 0.3) is 0 Å². The first-order chi connectivity index (χ1) is 9.10. The standard InChI is InChI=1S/C17H25NO/c1-4-8-14-9-7-10-15(13-14)16(19)17(18(2)3)11-5-6-12-17/h7,9-10,13H,4-6,8,11-12H2,1-3H3. The number of nitrogens with zero attached hydrogens (tertiary/aromatic N) is 1. The fourth-order valence-corrected chi connectivity index (χ4v) is 3.26. The Labute approximate surface area is 116 Å². The Bertz CT molecular complexity index is 444. The fraction of sp³-hybridized carbons (Fsp3) is 0.588. The summed E-state index contributed by atoms with van der Waals surface area (Å²) in [7, 11) is 4.08. The molecule has 1 aliphatic rings. The zero-order chi connectivity index (χ0) is 13.9. The Kier molecular flexibility index (Phi) is 4.41. The predicted octanol–water partition coefficient (Wildman–Crippen LogP) is 3.70. The van der Waals surface area contributed by atoms with Crippen LogP contribution in [0, 0.1) is 0 Å². The van der Waals surface area contributed by atoms with Crippen LogP contribution < -0.4 is 0 Å². The summed E-state index contributed by atoms with van der Waals surface area (Å²) >= 11 is 0. The molecule has 1 saturated carbocycles. The molecule has 0 amide bonds. The van der Waals surface area contributed by atoms with E-state index in [0.717, 1.165) is 31.2 Å². The van der Waals surface area contributed by atoms with Gasteiger partial charge in [-0.1, -0.05) is 44.4 Å². The van der Waals surface area contributed by atoms with E-state index in [1.54, 1.807) is 0 Å². The largest absolute Gasteiger partial charge is 0.297 e. The van der Waals surface area contributed by atoms with Gasteiger partial charge in [0, 0.05) is 5.56 Å². The number of aryl methyl sites for hydroxylation is 1. The molecule has 1 aliphatic carbocycles. The fourth-order valence-electron chi connectivity index (χ4n) is 3.26. The number of carbonyl (C=O) groups is 1. The molecule has 1 aromatic carbocycles. The van der Waals surface area contributed by atoms with E-state index >= 15 is 0 Å². The maximum Gasteiger partial charge on any atom is 0.183 e. The number of carbonyl (C=O) groups excluding carboxylic acids is 1. The number of Topliss-reactive ketones (excluding diaryl/α,β-unsaturated/α-hetero) is 1. The second-order valence-corrected chi connectivity index (χ2v) is 5.91. The van der Waals surface area contributed by atoms with E-state index in [0.29, 0.717) is 5.78 Å². The van der Waals surface area contributed by atoms with Gasteiger partial charge in [0.1, 0.15) is 0 Å². The van der Waals surface area contributed by atoms with Crippen LogP contribution in [0.2, 0.25) is 0 Å². The van der Waals surface area contributed by atoms with Crippen molar-refractivity contribution in [1.82, 2.24) is 4.90 Å². The molecule has 104 valence electrons. The smallest absolute Gasteiger partial charge is 0.183 e. The molecule has 1 fully saturated rings. The first-order valence-corrected chi connectivity index (χ1v) is 7.41. The summed E-state index contributed by atoms with van der Waals surface area (Å²) in [6.45, 7) is 2.17. The minimum Gasteiger partial charge on any atom is -0.297 e. The molecular weight excluding hydrogens is 234 g/mol. The normalized spacial score (nSPS) is 17.9. The van der Waals surface area contributed by atoms with Crippen molar-refractivity contribution in [3.8, 4) is 0 Å². The van der Waals surface area contributed by atoms with E-state index in [1.807, 2.05) is 26.2 Å². The zero-order valence-electron chi connectivity index (χ0n) is 12.4. The summed E-state index contributed by atoms with van der Waals surface area (Å²) in [5, 5.41) is 0. The van der Waals surface area contributed by atoms with Crippen LogP contribution in [0.25, 0.3) is 0 Å². The highest BCUT2D eigenvalue weighted by molar-refractivity contribution is 6.03. The maximum absolute atomic E-state index is 12.9. The second-order valence-electron chi connectivity index (χ2n) is 5.91.